The highest BCUT2D eigenvalue weighted by molar-refractivity contribution is 5.94. The van der Waals surface area contributed by atoms with Gasteiger partial charge in [0.25, 0.3) is 5.91 Å². The second-order valence-corrected chi connectivity index (χ2v) is 7.98. The molecule has 0 N–H and O–H groups in total. The summed E-state index contributed by atoms with van der Waals surface area (Å²) in [5.41, 5.74) is 3.79. The second-order valence-electron chi connectivity index (χ2n) is 7.98. The third kappa shape index (κ3) is 4.08. The predicted octanol–water partition coefficient (Wildman–Crippen LogP) is 3.53. The van der Waals surface area contributed by atoms with Gasteiger partial charge in [-0.2, -0.15) is 0 Å². The number of rotatable bonds is 4. The average molecular weight is 377 g/mol. The van der Waals surface area contributed by atoms with Gasteiger partial charge in [0.15, 0.2) is 0 Å². The molecule has 0 bridgehead atoms. The van der Waals surface area contributed by atoms with Crippen molar-refractivity contribution in [1.82, 2.24) is 14.8 Å². The Bertz CT molecular complexity index is 854. The summed E-state index contributed by atoms with van der Waals surface area (Å²) in [7, 11) is 0. The molecular weight excluding hydrogens is 350 g/mol. The van der Waals surface area contributed by atoms with E-state index in [2.05, 4.69) is 24.0 Å². The largest absolute Gasteiger partial charge is 0.342 e. The number of hydrogen-bond acceptors (Lipinski definition) is 3. The van der Waals surface area contributed by atoms with E-state index in [0.717, 1.165) is 56.7 Å². The molecule has 5 nitrogen and oxygen atoms in total. The Balaban J connectivity index is 1.34. The van der Waals surface area contributed by atoms with E-state index in [1.807, 2.05) is 34.1 Å². The van der Waals surface area contributed by atoms with Gasteiger partial charge >= 0.3 is 0 Å². The van der Waals surface area contributed by atoms with Gasteiger partial charge in [-0.1, -0.05) is 23.8 Å². The van der Waals surface area contributed by atoms with Crippen LogP contribution >= 0.6 is 0 Å². The number of hydrogen-bond donors (Lipinski definition) is 0. The minimum atomic E-state index is 0.0546. The van der Waals surface area contributed by atoms with Crippen molar-refractivity contribution in [3.8, 4) is 11.3 Å². The molecule has 1 aromatic heterocycles. The number of amides is 2. The highest BCUT2D eigenvalue weighted by atomic mass is 16.2. The van der Waals surface area contributed by atoms with Crippen LogP contribution in [-0.2, 0) is 4.79 Å². The smallest absolute Gasteiger partial charge is 0.255 e. The fourth-order valence-corrected chi connectivity index (χ4v) is 4.21. The van der Waals surface area contributed by atoms with Crippen molar-refractivity contribution in [2.24, 2.45) is 5.92 Å². The number of aryl methyl sites for hydroxylation is 1. The van der Waals surface area contributed by atoms with Crippen molar-refractivity contribution < 1.29 is 9.59 Å². The Hall–Kier alpha value is -2.69. The monoisotopic (exact) mass is 377 g/mol. The van der Waals surface area contributed by atoms with Crippen molar-refractivity contribution in [3.63, 3.8) is 0 Å². The van der Waals surface area contributed by atoms with E-state index in [9.17, 15) is 9.59 Å². The molecule has 28 heavy (non-hydrogen) atoms. The molecule has 0 unspecified atom stereocenters. The molecule has 0 aliphatic carbocycles. The van der Waals surface area contributed by atoms with Gasteiger partial charge in [-0.15, -0.1) is 0 Å². The van der Waals surface area contributed by atoms with Crippen LogP contribution in [0.15, 0.2) is 42.6 Å². The number of nitrogens with zero attached hydrogens (tertiary/aromatic N) is 3. The maximum Gasteiger partial charge on any atom is 0.255 e. The summed E-state index contributed by atoms with van der Waals surface area (Å²) in [5, 5.41) is 0. The van der Waals surface area contributed by atoms with Gasteiger partial charge in [-0.3, -0.25) is 14.6 Å². The average Bonchev–Trinajstić information content (AvgIpc) is 3.13. The van der Waals surface area contributed by atoms with Crippen molar-refractivity contribution in [2.45, 2.75) is 32.6 Å². The van der Waals surface area contributed by atoms with Crippen molar-refractivity contribution in [2.75, 3.05) is 26.2 Å². The van der Waals surface area contributed by atoms with Crippen LogP contribution in [0.1, 0.15) is 41.6 Å². The molecule has 3 heterocycles. The lowest BCUT2D eigenvalue weighted by molar-refractivity contribution is -0.128. The lowest BCUT2D eigenvalue weighted by Crippen LogP contribution is -2.41. The highest BCUT2D eigenvalue weighted by Crippen LogP contribution is 2.23. The van der Waals surface area contributed by atoms with Gasteiger partial charge in [0.2, 0.25) is 5.91 Å². The predicted molar refractivity (Wildman–Crippen MR) is 109 cm³/mol. The minimum Gasteiger partial charge on any atom is -0.342 e. The first kappa shape index (κ1) is 18.7. The molecule has 2 amide bonds. The number of pyridine rings is 1. The molecule has 146 valence electrons. The first-order valence-corrected chi connectivity index (χ1v) is 10.2. The Morgan fingerprint density at radius 2 is 1.96 bits per heavy atom. The standard InChI is InChI=1S/C23H27N3O2/c1-17-4-2-5-19(14-17)21-8-7-20(15-24-21)23(28)25-12-9-18(10-13-25)16-26-11-3-6-22(26)27/h2,4-5,7-8,14-15,18H,3,6,9-13,16H2,1H3. The van der Waals surface area contributed by atoms with Gasteiger partial charge < -0.3 is 9.80 Å². The van der Waals surface area contributed by atoms with Crippen LogP contribution in [0.2, 0.25) is 0 Å². The number of likely N-dealkylation sites (tertiary alicyclic amines) is 2. The molecule has 0 spiro atoms. The van der Waals surface area contributed by atoms with Gasteiger partial charge in [0, 0.05) is 44.4 Å². The quantitative estimate of drug-likeness (QED) is 0.819. The van der Waals surface area contributed by atoms with Crippen molar-refractivity contribution >= 4 is 11.8 Å². The van der Waals surface area contributed by atoms with E-state index in [1.54, 1.807) is 6.20 Å². The van der Waals surface area contributed by atoms with E-state index < -0.39 is 0 Å². The molecule has 1 aromatic carbocycles. The van der Waals surface area contributed by atoms with Crippen molar-refractivity contribution in [3.05, 3.63) is 53.7 Å². The van der Waals surface area contributed by atoms with Crippen LogP contribution < -0.4 is 0 Å². The van der Waals surface area contributed by atoms with Crippen LogP contribution in [-0.4, -0.2) is 52.8 Å². The van der Waals surface area contributed by atoms with Gasteiger partial charge in [0.05, 0.1) is 11.3 Å². The fourth-order valence-electron chi connectivity index (χ4n) is 4.21. The summed E-state index contributed by atoms with van der Waals surface area (Å²) in [6, 6.07) is 12.0. The Morgan fingerprint density at radius 1 is 1.14 bits per heavy atom. The van der Waals surface area contributed by atoms with E-state index in [4.69, 9.17) is 0 Å². The molecule has 5 heteroatoms. The van der Waals surface area contributed by atoms with Crippen molar-refractivity contribution in [1.29, 1.82) is 0 Å². The van der Waals surface area contributed by atoms with Crippen LogP contribution in [0.3, 0.4) is 0 Å². The second kappa shape index (κ2) is 8.13. The third-order valence-corrected chi connectivity index (χ3v) is 5.88. The maximum absolute atomic E-state index is 12.8. The van der Waals surface area contributed by atoms with Crippen LogP contribution in [0, 0.1) is 12.8 Å². The van der Waals surface area contributed by atoms with Crippen LogP contribution in [0.4, 0.5) is 0 Å². The summed E-state index contributed by atoms with van der Waals surface area (Å²) >= 11 is 0. The zero-order valence-electron chi connectivity index (χ0n) is 16.4. The Labute approximate surface area is 166 Å². The number of carbonyl (C=O) groups excluding carboxylic acids is 2. The fraction of sp³-hybridized carbons (Fsp3) is 0.435. The lowest BCUT2D eigenvalue weighted by atomic mass is 9.95. The highest BCUT2D eigenvalue weighted by Gasteiger charge is 2.28. The van der Waals surface area contributed by atoms with E-state index in [1.165, 1.54) is 5.56 Å². The first-order valence-electron chi connectivity index (χ1n) is 10.2. The van der Waals surface area contributed by atoms with Gasteiger partial charge in [0.1, 0.15) is 0 Å². The molecule has 2 saturated heterocycles. The molecule has 0 atom stereocenters. The van der Waals surface area contributed by atoms with E-state index >= 15 is 0 Å². The summed E-state index contributed by atoms with van der Waals surface area (Å²) < 4.78 is 0. The van der Waals surface area contributed by atoms with E-state index in [-0.39, 0.29) is 5.91 Å². The normalized spacial score (nSPS) is 18.0. The summed E-state index contributed by atoms with van der Waals surface area (Å²) in [6.07, 6.45) is 5.30. The SMILES string of the molecule is Cc1cccc(-c2ccc(C(=O)N3CCC(CN4CCCC4=O)CC3)cn2)c1. The first-order chi connectivity index (χ1) is 13.6. The Kier molecular flexibility index (Phi) is 5.42. The molecule has 4 rings (SSSR count). The topological polar surface area (TPSA) is 53.5 Å². The zero-order valence-corrected chi connectivity index (χ0v) is 16.4. The van der Waals surface area contributed by atoms with E-state index in [0.29, 0.717) is 23.8 Å². The molecule has 0 radical (unpaired) electrons. The molecule has 2 aromatic rings. The molecule has 2 aliphatic heterocycles. The maximum atomic E-state index is 12.8. The van der Waals surface area contributed by atoms with Crippen LogP contribution in [0.5, 0.6) is 0 Å². The van der Waals surface area contributed by atoms with Gasteiger partial charge in [-0.25, -0.2) is 0 Å². The van der Waals surface area contributed by atoms with Crippen LogP contribution in [0.25, 0.3) is 11.3 Å². The van der Waals surface area contributed by atoms with Gasteiger partial charge in [-0.05, 0) is 50.3 Å². The summed E-state index contributed by atoms with van der Waals surface area (Å²) in [5.74, 6) is 0.852. The summed E-state index contributed by atoms with van der Waals surface area (Å²) in [4.78, 5) is 33.1. The summed E-state index contributed by atoms with van der Waals surface area (Å²) in [6.45, 7) is 5.32. The number of aromatic nitrogens is 1. The molecule has 2 fully saturated rings. The minimum absolute atomic E-state index is 0.0546. The third-order valence-electron chi connectivity index (χ3n) is 5.88. The Morgan fingerprint density at radius 3 is 2.61 bits per heavy atom. The lowest BCUT2D eigenvalue weighted by Gasteiger charge is -2.34. The number of piperidine rings is 1. The molecule has 0 saturated carbocycles. The zero-order chi connectivity index (χ0) is 19.5. The number of carbonyl (C=O) groups is 2. The molecule has 2 aliphatic rings. The molecular formula is C23H27N3O2. The number of benzene rings is 1.